The number of H-pyrrole nitrogens is 1. The minimum atomic E-state index is 0.451. The van der Waals surface area contributed by atoms with Gasteiger partial charge in [-0.2, -0.15) is 10.2 Å². The molecule has 0 aliphatic carbocycles. The van der Waals surface area contributed by atoms with Gasteiger partial charge in [-0.3, -0.25) is 5.10 Å². The highest BCUT2D eigenvalue weighted by atomic mass is 32.1. The van der Waals surface area contributed by atoms with Crippen molar-refractivity contribution in [1.82, 2.24) is 25.7 Å². The first-order valence-electron chi connectivity index (χ1n) is 8.22. The van der Waals surface area contributed by atoms with Gasteiger partial charge in [-0.25, -0.2) is 0 Å². The zero-order chi connectivity index (χ0) is 16.2. The first-order chi connectivity index (χ1) is 11.9. The Morgan fingerprint density at radius 3 is 3.17 bits per heavy atom. The normalized spacial score (nSPS) is 18.0. The van der Waals surface area contributed by atoms with Crippen LogP contribution in [0, 0.1) is 0 Å². The summed E-state index contributed by atoms with van der Waals surface area (Å²) in [6.07, 6.45) is 5.99. The van der Waals surface area contributed by atoms with Crippen LogP contribution in [0.5, 0.6) is 0 Å². The van der Waals surface area contributed by atoms with Crippen LogP contribution in [0.15, 0.2) is 42.0 Å². The molecule has 0 spiro atoms. The van der Waals surface area contributed by atoms with Gasteiger partial charge in [0.05, 0.1) is 16.8 Å². The van der Waals surface area contributed by atoms with E-state index in [2.05, 4.69) is 48.1 Å². The summed E-state index contributed by atoms with van der Waals surface area (Å²) in [5, 5.41) is 21.3. The molecule has 1 saturated heterocycles. The summed E-state index contributed by atoms with van der Waals surface area (Å²) in [4.78, 5) is 3.54. The topological polar surface area (TPSA) is 69.7 Å². The summed E-state index contributed by atoms with van der Waals surface area (Å²) in [6, 6.07) is 8.61. The lowest BCUT2D eigenvalue weighted by Gasteiger charge is -2.33. The van der Waals surface area contributed by atoms with Crippen molar-refractivity contribution in [3.63, 3.8) is 0 Å². The van der Waals surface area contributed by atoms with E-state index in [1.807, 2.05) is 18.3 Å². The number of rotatable bonds is 5. The minimum absolute atomic E-state index is 0.451. The number of hydrogen-bond acceptors (Lipinski definition) is 6. The third-order valence-electron chi connectivity index (χ3n) is 4.37. The molecule has 0 unspecified atom stereocenters. The van der Waals surface area contributed by atoms with Crippen molar-refractivity contribution in [3.8, 4) is 10.6 Å². The number of anilines is 1. The number of thiophene rings is 1. The van der Waals surface area contributed by atoms with Crippen molar-refractivity contribution in [3.05, 3.63) is 47.6 Å². The Morgan fingerprint density at radius 1 is 1.33 bits per heavy atom. The second kappa shape index (κ2) is 7.11. The lowest BCUT2D eigenvalue weighted by Crippen LogP contribution is -2.45. The van der Waals surface area contributed by atoms with Gasteiger partial charge in [0.1, 0.15) is 0 Å². The molecule has 6 nitrogen and oxygen atoms in total. The Kier molecular flexibility index (Phi) is 4.53. The lowest BCUT2D eigenvalue weighted by atomic mass is 10.1. The van der Waals surface area contributed by atoms with Crippen LogP contribution in [0.3, 0.4) is 0 Å². The first kappa shape index (κ1) is 15.3. The van der Waals surface area contributed by atoms with Gasteiger partial charge < -0.3 is 10.2 Å². The number of hydrogen-bond donors (Lipinski definition) is 2. The van der Waals surface area contributed by atoms with Gasteiger partial charge in [-0.15, -0.1) is 16.4 Å². The van der Waals surface area contributed by atoms with Crippen LogP contribution in [0.4, 0.5) is 5.82 Å². The molecule has 0 radical (unpaired) electrons. The number of aromatic amines is 1. The van der Waals surface area contributed by atoms with E-state index in [4.69, 9.17) is 0 Å². The predicted octanol–water partition coefficient (Wildman–Crippen LogP) is 2.69. The molecule has 3 aromatic rings. The largest absolute Gasteiger partial charge is 0.354 e. The van der Waals surface area contributed by atoms with Crippen LogP contribution in [-0.4, -0.2) is 39.5 Å². The van der Waals surface area contributed by atoms with Crippen LogP contribution in [0.25, 0.3) is 10.6 Å². The molecule has 1 aliphatic heterocycles. The fourth-order valence-electron chi connectivity index (χ4n) is 3.15. The molecule has 3 aromatic heterocycles. The summed E-state index contributed by atoms with van der Waals surface area (Å²) in [5.74, 6) is 0.964. The van der Waals surface area contributed by atoms with Crippen LogP contribution in [-0.2, 0) is 6.54 Å². The fourth-order valence-corrected chi connectivity index (χ4v) is 3.90. The number of nitrogens with zero attached hydrogens (tertiary/aromatic N) is 4. The Morgan fingerprint density at radius 2 is 2.33 bits per heavy atom. The van der Waals surface area contributed by atoms with Gasteiger partial charge in [-0.05, 0) is 36.4 Å². The molecule has 4 heterocycles. The second-order valence-electron chi connectivity index (χ2n) is 6.00. The SMILES string of the molecule is c1cnnc(N2CCC[C@@H](NCc3cn[nH]c3-c3cccs3)C2)c1. The molecule has 0 amide bonds. The summed E-state index contributed by atoms with van der Waals surface area (Å²) >= 11 is 1.73. The van der Waals surface area contributed by atoms with Gasteiger partial charge in [0.2, 0.25) is 0 Å². The van der Waals surface area contributed by atoms with Gasteiger partial charge in [0, 0.05) is 37.4 Å². The van der Waals surface area contributed by atoms with E-state index in [1.165, 1.54) is 16.9 Å². The quantitative estimate of drug-likeness (QED) is 0.747. The van der Waals surface area contributed by atoms with E-state index in [9.17, 15) is 0 Å². The molecule has 1 atom stereocenters. The van der Waals surface area contributed by atoms with Crippen LogP contribution < -0.4 is 10.2 Å². The number of aromatic nitrogens is 4. The summed E-state index contributed by atoms with van der Waals surface area (Å²) < 4.78 is 0. The Balaban J connectivity index is 1.39. The summed E-state index contributed by atoms with van der Waals surface area (Å²) in [5.41, 5.74) is 2.34. The maximum absolute atomic E-state index is 4.23. The Hall–Kier alpha value is -2.25. The van der Waals surface area contributed by atoms with Crippen molar-refractivity contribution in [2.75, 3.05) is 18.0 Å². The van der Waals surface area contributed by atoms with E-state index in [0.717, 1.165) is 37.6 Å². The molecule has 24 heavy (non-hydrogen) atoms. The monoisotopic (exact) mass is 340 g/mol. The zero-order valence-electron chi connectivity index (χ0n) is 13.4. The fraction of sp³-hybridized carbons (Fsp3) is 0.353. The van der Waals surface area contributed by atoms with Crippen LogP contribution in [0.1, 0.15) is 18.4 Å². The highest BCUT2D eigenvalue weighted by Gasteiger charge is 2.21. The average molecular weight is 340 g/mol. The van der Waals surface area contributed by atoms with E-state index >= 15 is 0 Å². The second-order valence-corrected chi connectivity index (χ2v) is 6.94. The Bertz CT molecular complexity index is 755. The molecule has 4 rings (SSSR count). The van der Waals surface area contributed by atoms with Gasteiger partial charge in [0.25, 0.3) is 0 Å². The van der Waals surface area contributed by atoms with Crippen molar-refractivity contribution >= 4 is 17.2 Å². The van der Waals surface area contributed by atoms with Gasteiger partial charge in [-0.1, -0.05) is 6.07 Å². The minimum Gasteiger partial charge on any atom is -0.354 e. The molecular formula is C17H20N6S. The molecule has 1 aliphatic rings. The average Bonchev–Trinajstić information content (AvgIpc) is 3.32. The van der Waals surface area contributed by atoms with Crippen molar-refractivity contribution < 1.29 is 0 Å². The molecule has 2 N–H and O–H groups in total. The molecule has 124 valence electrons. The third kappa shape index (κ3) is 3.32. The summed E-state index contributed by atoms with van der Waals surface area (Å²) in [6.45, 7) is 2.83. The van der Waals surface area contributed by atoms with E-state index in [-0.39, 0.29) is 0 Å². The molecule has 7 heteroatoms. The van der Waals surface area contributed by atoms with E-state index in [0.29, 0.717) is 6.04 Å². The van der Waals surface area contributed by atoms with Crippen molar-refractivity contribution in [1.29, 1.82) is 0 Å². The Labute approximate surface area is 144 Å². The highest BCUT2D eigenvalue weighted by Crippen LogP contribution is 2.26. The van der Waals surface area contributed by atoms with Crippen molar-refractivity contribution in [2.24, 2.45) is 0 Å². The van der Waals surface area contributed by atoms with Gasteiger partial charge in [0.15, 0.2) is 5.82 Å². The first-order valence-corrected chi connectivity index (χ1v) is 9.10. The molecule has 0 aromatic carbocycles. The van der Waals surface area contributed by atoms with Crippen molar-refractivity contribution in [2.45, 2.75) is 25.4 Å². The highest BCUT2D eigenvalue weighted by molar-refractivity contribution is 7.13. The molecule has 0 saturated carbocycles. The molecular weight excluding hydrogens is 320 g/mol. The maximum atomic E-state index is 4.23. The molecule has 0 bridgehead atoms. The van der Waals surface area contributed by atoms with Gasteiger partial charge >= 0.3 is 0 Å². The van der Waals surface area contributed by atoms with E-state index < -0.39 is 0 Å². The standard InChI is InChI=1S/C17H20N6S/c1-6-16(21-19-7-1)23-8-2-4-14(12-23)18-10-13-11-20-22-17(13)15-5-3-9-24-15/h1,3,5-7,9,11,14,18H,2,4,8,10,12H2,(H,20,22)/t14-/m1/s1. The lowest BCUT2D eigenvalue weighted by molar-refractivity contribution is 0.419. The smallest absolute Gasteiger partial charge is 0.151 e. The van der Waals surface area contributed by atoms with E-state index in [1.54, 1.807) is 17.5 Å². The zero-order valence-corrected chi connectivity index (χ0v) is 14.2. The summed E-state index contributed by atoms with van der Waals surface area (Å²) in [7, 11) is 0. The maximum Gasteiger partial charge on any atom is 0.151 e. The number of piperidine rings is 1. The number of nitrogens with one attached hydrogen (secondary N) is 2. The third-order valence-corrected chi connectivity index (χ3v) is 5.26. The van der Waals surface area contributed by atoms with Crippen LogP contribution >= 0.6 is 11.3 Å². The van der Waals surface area contributed by atoms with Crippen LogP contribution in [0.2, 0.25) is 0 Å². The molecule has 1 fully saturated rings. The predicted molar refractivity (Wildman–Crippen MR) is 96.0 cm³/mol.